The number of hydrogen-bond acceptors (Lipinski definition) is 3. The molecule has 0 bridgehead atoms. The van der Waals surface area contributed by atoms with E-state index in [1.807, 2.05) is 6.92 Å². The van der Waals surface area contributed by atoms with Crippen molar-refractivity contribution in [2.75, 3.05) is 0 Å². The van der Waals surface area contributed by atoms with E-state index in [0.29, 0.717) is 17.5 Å². The van der Waals surface area contributed by atoms with Crippen molar-refractivity contribution in [1.82, 2.24) is 15.6 Å². The zero-order chi connectivity index (χ0) is 15.7. The fraction of sp³-hybridized carbons (Fsp3) is 0.188. The van der Waals surface area contributed by atoms with Crippen LogP contribution in [0.15, 0.2) is 47.4 Å². The summed E-state index contributed by atoms with van der Waals surface area (Å²) in [7, 11) is 0. The Kier molecular flexibility index (Phi) is 3.29. The van der Waals surface area contributed by atoms with Gasteiger partial charge in [0.05, 0.1) is 0 Å². The Morgan fingerprint density at radius 1 is 1.05 bits per heavy atom. The van der Waals surface area contributed by atoms with E-state index in [2.05, 4.69) is 15.6 Å². The lowest BCUT2D eigenvalue weighted by Crippen LogP contribution is -2.43. The SMILES string of the molecule is CC[C@@]1(c2ccc(-c3ccc[nH]c3=O)cc2)NC(=O)NC1=O. The molecule has 3 N–H and O–H groups in total. The number of nitrogens with one attached hydrogen (secondary N) is 3. The molecule has 0 aliphatic carbocycles. The van der Waals surface area contributed by atoms with Gasteiger partial charge in [-0.25, -0.2) is 4.79 Å². The number of aromatic nitrogens is 1. The van der Waals surface area contributed by atoms with Crippen molar-refractivity contribution >= 4 is 11.9 Å². The van der Waals surface area contributed by atoms with Gasteiger partial charge < -0.3 is 10.3 Å². The Labute approximate surface area is 126 Å². The molecule has 2 heterocycles. The van der Waals surface area contributed by atoms with Crippen molar-refractivity contribution in [3.05, 3.63) is 58.5 Å². The maximum atomic E-state index is 12.1. The molecule has 6 heteroatoms. The highest BCUT2D eigenvalue weighted by molar-refractivity contribution is 6.07. The number of aromatic amines is 1. The van der Waals surface area contributed by atoms with Crippen LogP contribution in [-0.2, 0) is 10.3 Å². The summed E-state index contributed by atoms with van der Waals surface area (Å²) in [4.78, 5) is 38.0. The van der Waals surface area contributed by atoms with E-state index in [0.717, 1.165) is 5.56 Å². The maximum Gasteiger partial charge on any atom is 0.322 e. The molecular weight excluding hydrogens is 282 g/mol. The number of urea groups is 1. The first-order valence-corrected chi connectivity index (χ1v) is 6.99. The highest BCUT2D eigenvalue weighted by atomic mass is 16.2. The molecule has 0 saturated carbocycles. The number of H-pyrrole nitrogens is 1. The normalized spacial score (nSPS) is 20.6. The second-order valence-corrected chi connectivity index (χ2v) is 5.16. The number of carbonyl (C=O) groups is 2. The van der Waals surface area contributed by atoms with Crippen LogP contribution < -0.4 is 16.2 Å². The van der Waals surface area contributed by atoms with Crippen molar-refractivity contribution in [2.45, 2.75) is 18.9 Å². The summed E-state index contributed by atoms with van der Waals surface area (Å²) in [5.41, 5.74) is 0.779. The Morgan fingerprint density at radius 2 is 1.77 bits per heavy atom. The molecule has 1 fully saturated rings. The monoisotopic (exact) mass is 297 g/mol. The quantitative estimate of drug-likeness (QED) is 0.750. The van der Waals surface area contributed by atoms with Crippen LogP contribution in [0.2, 0.25) is 0 Å². The van der Waals surface area contributed by atoms with Crippen LogP contribution >= 0.6 is 0 Å². The van der Waals surface area contributed by atoms with Crippen LogP contribution in [-0.4, -0.2) is 16.9 Å². The fourth-order valence-corrected chi connectivity index (χ4v) is 2.73. The number of benzene rings is 1. The van der Waals surface area contributed by atoms with E-state index >= 15 is 0 Å². The average molecular weight is 297 g/mol. The lowest BCUT2D eigenvalue weighted by atomic mass is 9.86. The van der Waals surface area contributed by atoms with Gasteiger partial charge in [-0.15, -0.1) is 0 Å². The summed E-state index contributed by atoms with van der Waals surface area (Å²) < 4.78 is 0. The molecule has 1 aromatic carbocycles. The van der Waals surface area contributed by atoms with Crippen LogP contribution in [0, 0.1) is 0 Å². The fourth-order valence-electron chi connectivity index (χ4n) is 2.73. The predicted octanol–water partition coefficient (Wildman–Crippen LogP) is 1.49. The summed E-state index contributed by atoms with van der Waals surface area (Å²) >= 11 is 0. The Hall–Kier alpha value is -2.89. The van der Waals surface area contributed by atoms with E-state index in [9.17, 15) is 14.4 Å². The molecule has 1 saturated heterocycles. The molecule has 6 nitrogen and oxygen atoms in total. The van der Waals surface area contributed by atoms with E-state index in [1.165, 1.54) is 0 Å². The first kappa shape index (κ1) is 14.1. The molecule has 22 heavy (non-hydrogen) atoms. The van der Waals surface area contributed by atoms with Crippen LogP contribution in [0.5, 0.6) is 0 Å². The molecule has 1 aliphatic heterocycles. The summed E-state index contributed by atoms with van der Waals surface area (Å²) in [6.07, 6.45) is 2.01. The topological polar surface area (TPSA) is 91.1 Å². The van der Waals surface area contributed by atoms with Crippen molar-refractivity contribution in [3.63, 3.8) is 0 Å². The Morgan fingerprint density at radius 3 is 2.32 bits per heavy atom. The van der Waals surface area contributed by atoms with Crippen LogP contribution in [0.3, 0.4) is 0 Å². The number of carbonyl (C=O) groups excluding carboxylic acids is 2. The van der Waals surface area contributed by atoms with Gasteiger partial charge in [-0.2, -0.15) is 0 Å². The van der Waals surface area contributed by atoms with Crippen molar-refractivity contribution in [3.8, 4) is 11.1 Å². The Bertz CT molecular complexity index is 795. The zero-order valence-corrected chi connectivity index (χ0v) is 12.0. The second kappa shape index (κ2) is 5.14. The van der Waals surface area contributed by atoms with Gasteiger partial charge >= 0.3 is 6.03 Å². The van der Waals surface area contributed by atoms with Gasteiger partial charge in [0.25, 0.3) is 11.5 Å². The van der Waals surface area contributed by atoms with Crippen LogP contribution in [0.25, 0.3) is 11.1 Å². The van der Waals surface area contributed by atoms with Gasteiger partial charge in [0.2, 0.25) is 0 Å². The second-order valence-electron chi connectivity index (χ2n) is 5.16. The van der Waals surface area contributed by atoms with Gasteiger partial charge in [-0.05, 0) is 29.7 Å². The molecule has 0 unspecified atom stereocenters. The molecule has 3 rings (SSSR count). The number of amides is 3. The van der Waals surface area contributed by atoms with Crippen LogP contribution in [0.1, 0.15) is 18.9 Å². The van der Waals surface area contributed by atoms with E-state index in [1.54, 1.807) is 42.6 Å². The average Bonchev–Trinajstić information content (AvgIpc) is 2.83. The highest BCUT2D eigenvalue weighted by Gasteiger charge is 2.46. The molecule has 0 spiro atoms. The molecule has 3 amide bonds. The van der Waals surface area contributed by atoms with Crippen LogP contribution in [0.4, 0.5) is 4.79 Å². The summed E-state index contributed by atoms with van der Waals surface area (Å²) in [5.74, 6) is -0.356. The first-order chi connectivity index (χ1) is 10.6. The molecular formula is C16H15N3O3. The summed E-state index contributed by atoms with van der Waals surface area (Å²) in [6, 6.07) is 10.1. The van der Waals surface area contributed by atoms with Gasteiger partial charge in [0, 0.05) is 11.8 Å². The van der Waals surface area contributed by atoms with Crippen molar-refractivity contribution in [1.29, 1.82) is 0 Å². The number of rotatable bonds is 3. The smallest absolute Gasteiger partial charge is 0.322 e. The third-order valence-electron chi connectivity index (χ3n) is 3.98. The van der Waals surface area contributed by atoms with E-state index in [4.69, 9.17) is 0 Å². The largest absolute Gasteiger partial charge is 0.329 e. The lowest BCUT2D eigenvalue weighted by Gasteiger charge is -2.25. The maximum absolute atomic E-state index is 12.1. The predicted molar refractivity (Wildman–Crippen MR) is 81.1 cm³/mol. The molecule has 1 aliphatic rings. The van der Waals surface area contributed by atoms with Gasteiger partial charge in [0.1, 0.15) is 5.54 Å². The molecule has 1 aromatic heterocycles. The molecule has 112 valence electrons. The van der Waals surface area contributed by atoms with Gasteiger partial charge in [-0.1, -0.05) is 31.2 Å². The minimum Gasteiger partial charge on any atom is -0.329 e. The summed E-state index contributed by atoms with van der Waals surface area (Å²) in [5, 5.41) is 4.95. The number of hydrogen-bond donors (Lipinski definition) is 3. The third-order valence-corrected chi connectivity index (χ3v) is 3.98. The van der Waals surface area contributed by atoms with Gasteiger partial charge in [0.15, 0.2) is 0 Å². The minimum atomic E-state index is -1.04. The summed E-state index contributed by atoms with van der Waals surface area (Å²) in [6.45, 7) is 1.83. The van der Waals surface area contributed by atoms with Crippen molar-refractivity contribution < 1.29 is 9.59 Å². The Balaban J connectivity index is 2.01. The zero-order valence-electron chi connectivity index (χ0n) is 12.0. The first-order valence-electron chi connectivity index (χ1n) is 6.99. The number of pyridine rings is 1. The molecule has 0 radical (unpaired) electrons. The highest BCUT2D eigenvalue weighted by Crippen LogP contribution is 2.29. The molecule has 1 atom stereocenters. The van der Waals surface area contributed by atoms with E-state index in [-0.39, 0.29) is 11.5 Å². The van der Waals surface area contributed by atoms with E-state index < -0.39 is 11.6 Å². The minimum absolute atomic E-state index is 0.174. The standard InChI is InChI=1S/C16H15N3O3/c1-2-16(14(21)18-15(22)19-16)11-7-5-10(6-8-11)12-4-3-9-17-13(12)20/h3-9H,2H2,1H3,(H,17,20)(H2,18,19,21,22)/t16-/m0/s1. The lowest BCUT2D eigenvalue weighted by molar-refractivity contribution is -0.124. The van der Waals surface area contributed by atoms with Crippen molar-refractivity contribution in [2.24, 2.45) is 0 Å². The number of imide groups is 1. The third kappa shape index (κ3) is 2.09. The van der Waals surface area contributed by atoms with Gasteiger partial charge in [-0.3, -0.25) is 14.9 Å². The molecule has 2 aromatic rings.